The first kappa shape index (κ1) is 18.0. The number of amides is 2. The number of hydrogen-bond acceptors (Lipinski definition) is 3. The Morgan fingerprint density at radius 1 is 1.22 bits per heavy atom. The van der Waals surface area contributed by atoms with E-state index in [0.717, 1.165) is 0 Å². The molecule has 8 heteroatoms. The minimum Gasteiger partial charge on any atom is -0.381 e. The molecule has 2 rings (SSSR count). The molecule has 132 valence electrons. The Morgan fingerprint density at radius 3 is 2.43 bits per heavy atom. The molecule has 0 aromatic heterocycles. The predicted molar refractivity (Wildman–Crippen MR) is 76.2 cm³/mol. The fourth-order valence-corrected chi connectivity index (χ4v) is 3.40. The van der Waals surface area contributed by atoms with Gasteiger partial charge in [0.05, 0.1) is 11.3 Å². The van der Waals surface area contributed by atoms with Gasteiger partial charge in [0, 0.05) is 25.7 Å². The van der Waals surface area contributed by atoms with Crippen molar-refractivity contribution in [2.45, 2.75) is 44.7 Å². The number of halogens is 3. The lowest BCUT2D eigenvalue weighted by molar-refractivity contribution is -0.186. The molecule has 3 N–H and O–H groups in total. The number of primary amides is 1. The summed E-state index contributed by atoms with van der Waals surface area (Å²) < 4.78 is 43.6. The van der Waals surface area contributed by atoms with E-state index in [1.165, 1.54) is 0 Å². The van der Waals surface area contributed by atoms with Crippen LogP contribution in [0.1, 0.15) is 38.5 Å². The Morgan fingerprint density at radius 2 is 1.87 bits per heavy atom. The number of nitrogens with one attached hydrogen (secondary N) is 1. The van der Waals surface area contributed by atoms with Gasteiger partial charge in [0.1, 0.15) is 0 Å². The first-order valence-corrected chi connectivity index (χ1v) is 7.97. The minimum absolute atomic E-state index is 0.0672. The van der Waals surface area contributed by atoms with E-state index in [4.69, 9.17) is 10.5 Å². The molecule has 5 nitrogen and oxygen atoms in total. The molecule has 2 atom stereocenters. The van der Waals surface area contributed by atoms with Gasteiger partial charge in [0.2, 0.25) is 11.8 Å². The van der Waals surface area contributed by atoms with Crippen LogP contribution in [0.25, 0.3) is 0 Å². The van der Waals surface area contributed by atoms with Crippen LogP contribution in [0.4, 0.5) is 13.2 Å². The summed E-state index contributed by atoms with van der Waals surface area (Å²) in [5.74, 6) is -2.98. The first-order chi connectivity index (χ1) is 10.7. The summed E-state index contributed by atoms with van der Waals surface area (Å²) in [5.41, 5.74) is 4.60. The second-order valence-corrected chi connectivity index (χ2v) is 6.58. The molecular weight excluding hydrogens is 313 g/mol. The highest BCUT2D eigenvalue weighted by Crippen LogP contribution is 2.40. The highest BCUT2D eigenvalue weighted by Gasteiger charge is 2.44. The van der Waals surface area contributed by atoms with E-state index in [2.05, 4.69) is 5.32 Å². The number of rotatable bonds is 4. The number of alkyl halides is 3. The van der Waals surface area contributed by atoms with Crippen LogP contribution >= 0.6 is 0 Å². The average Bonchev–Trinajstić information content (AvgIpc) is 2.52. The Bertz CT molecular complexity index is 448. The van der Waals surface area contributed by atoms with Gasteiger partial charge in [-0.2, -0.15) is 13.2 Å². The summed E-state index contributed by atoms with van der Waals surface area (Å²) >= 11 is 0. The topological polar surface area (TPSA) is 81.4 Å². The largest absolute Gasteiger partial charge is 0.391 e. The maximum absolute atomic E-state index is 12.8. The van der Waals surface area contributed by atoms with Crippen LogP contribution in [0.15, 0.2) is 0 Å². The van der Waals surface area contributed by atoms with E-state index in [-0.39, 0.29) is 19.4 Å². The third-order valence-electron chi connectivity index (χ3n) is 5.08. The zero-order chi connectivity index (χ0) is 17.1. The summed E-state index contributed by atoms with van der Waals surface area (Å²) in [5, 5.41) is 2.65. The number of hydrogen-bond donors (Lipinski definition) is 2. The minimum atomic E-state index is -4.26. The Hall–Kier alpha value is -1.31. The van der Waals surface area contributed by atoms with Gasteiger partial charge in [-0.3, -0.25) is 9.59 Å². The van der Waals surface area contributed by atoms with Gasteiger partial charge < -0.3 is 15.8 Å². The second kappa shape index (κ2) is 7.07. The van der Waals surface area contributed by atoms with Crippen LogP contribution in [0.3, 0.4) is 0 Å². The summed E-state index contributed by atoms with van der Waals surface area (Å²) in [6, 6.07) is 0. The first-order valence-electron chi connectivity index (χ1n) is 7.97. The van der Waals surface area contributed by atoms with Crippen molar-refractivity contribution < 1.29 is 27.5 Å². The van der Waals surface area contributed by atoms with E-state index in [0.29, 0.717) is 38.9 Å². The standard InChI is InChI=1S/C15H23F3N2O3/c16-15(17,18)11-3-1-2-10(8-11)12(21)20-9-14(13(19)22)4-6-23-7-5-14/h10-11H,1-9H2,(H2,19,22)(H,20,21)/t10-,11+/m0/s1. The van der Waals surface area contributed by atoms with Crippen LogP contribution < -0.4 is 11.1 Å². The quantitative estimate of drug-likeness (QED) is 0.821. The van der Waals surface area contributed by atoms with Crippen LogP contribution in [0.5, 0.6) is 0 Å². The molecule has 0 spiro atoms. The van der Waals surface area contributed by atoms with Crippen molar-refractivity contribution in [3.8, 4) is 0 Å². The Balaban J connectivity index is 1.92. The fourth-order valence-electron chi connectivity index (χ4n) is 3.40. The third-order valence-corrected chi connectivity index (χ3v) is 5.08. The molecular formula is C15H23F3N2O3. The van der Waals surface area contributed by atoms with E-state index < -0.39 is 35.2 Å². The molecule has 2 amide bonds. The van der Waals surface area contributed by atoms with Crippen molar-refractivity contribution in [1.82, 2.24) is 5.32 Å². The number of ether oxygens (including phenoxy) is 1. The Labute approximate surface area is 133 Å². The second-order valence-electron chi connectivity index (χ2n) is 6.58. The smallest absolute Gasteiger partial charge is 0.381 e. The number of carbonyl (C=O) groups is 2. The zero-order valence-corrected chi connectivity index (χ0v) is 13.0. The molecule has 2 fully saturated rings. The zero-order valence-electron chi connectivity index (χ0n) is 13.0. The molecule has 1 saturated carbocycles. The summed E-state index contributed by atoms with van der Waals surface area (Å²) in [6.07, 6.45) is -2.69. The molecule has 1 heterocycles. The Kier molecular flexibility index (Phi) is 5.54. The van der Waals surface area contributed by atoms with Gasteiger partial charge in [0.15, 0.2) is 0 Å². The molecule has 1 saturated heterocycles. The molecule has 1 aliphatic carbocycles. The van der Waals surface area contributed by atoms with Crippen molar-refractivity contribution in [3.63, 3.8) is 0 Å². The van der Waals surface area contributed by atoms with Crippen molar-refractivity contribution in [2.75, 3.05) is 19.8 Å². The maximum Gasteiger partial charge on any atom is 0.391 e. The lowest BCUT2D eigenvalue weighted by Crippen LogP contribution is -2.50. The fraction of sp³-hybridized carbons (Fsp3) is 0.867. The van der Waals surface area contributed by atoms with Crippen molar-refractivity contribution in [2.24, 2.45) is 23.0 Å². The van der Waals surface area contributed by atoms with Gasteiger partial charge in [-0.1, -0.05) is 6.42 Å². The van der Waals surface area contributed by atoms with Crippen LogP contribution in [0.2, 0.25) is 0 Å². The third kappa shape index (κ3) is 4.37. The van der Waals surface area contributed by atoms with Crippen LogP contribution in [-0.2, 0) is 14.3 Å². The maximum atomic E-state index is 12.8. The van der Waals surface area contributed by atoms with Crippen molar-refractivity contribution in [1.29, 1.82) is 0 Å². The molecule has 0 radical (unpaired) electrons. The molecule has 0 aromatic rings. The summed E-state index contributed by atoms with van der Waals surface area (Å²) in [7, 11) is 0. The van der Waals surface area contributed by atoms with E-state index in [1.807, 2.05) is 0 Å². The predicted octanol–water partition coefficient (Wildman–Crippen LogP) is 1.75. The van der Waals surface area contributed by atoms with Crippen LogP contribution in [0, 0.1) is 17.3 Å². The number of carbonyl (C=O) groups excluding carboxylic acids is 2. The van der Waals surface area contributed by atoms with Gasteiger partial charge in [0.25, 0.3) is 0 Å². The highest BCUT2D eigenvalue weighted by atomic mass is 19.4. The lowest BCUT2D eigenvalue weighted by atomic mass is 9.78. The molecule has 2 aliphatic rings. The van der Waals surface area contributed by atoms with Gasteiger partial charge in [-0.25, -0.2) is 0 Å². The molecule has 0 bridgehead atoms. The monoisotopic (exact) mass is 336 g/mol. The SMILES string of the molecule is NC(=O)C1(CNC(=O)[C@H]2CCC[C@@H](C(F)(F)F)C2)CCOCC1. The molecule has 0 aromatic carbocycles. The van der Waals surface area contributed by atoms with Gasteiger partial charge >= 0.3 is 6.18 Å². The molecule has 1 aliphatic heterocycles. The van der Waals surface area contributed by atoms with E-state index >= 15 is 0 Å². The summed E-state index contributed by atoms with van der Waals surface area (Å²) in [6.45, 7) is 0.842. The van der Waals surface area contributed by atoms with E-state index in [9.17, 15) is 22.8 Å². The summed E-state index contributed by atoms with van der Waals surface area (Å²) in [4.78, 5) is 23.9. The normalized spacial score (nSPS) is 28.1. The van der Waals surface area contributed by atoms with Gasteiger partial charge in [-0.05, 0) is 32.1 Å². The average molecular weight is 336 g/mol. The van der Waals surface area contributed by atoms with Gasteiger partial charge in [-0.15, -0.1) is 0 Å². The van der Waals surface area contributed by atoms with Crippen molar-refractivity contribution >= 4 is 11.8 Å². The molecule has 0 unspecified atom stereocenters. The van der Waals surface area contributed by atoms with Crippen molar-refractivity contribution in [3.05, 3.63) is 0 Å². The lowest BCUT2D eigenvalue weighted by Gasteiger charge is -2.35. The number of nitrogens with two attached hydrogens (primary N) is 1. The highest BCUT2D eigenvalue weighted by molar-refractivity contribution is 5.83. The van der Waals surface area contributed by atoms with Crippen LogP contribution in [-0.4, -0.2) is 37.7 Å². The van der Waals surface area contributed by atoms with E-state index in [1.54, 1.807) is 0 Å². The molecule has 23 heavy (non-hydrogen) atoms.